The number of nitrogens with zero attached hydrogens (tertiary/aromatic N) is 2. The number of aryl methyl sites for hydroxylation is 1. The van der Waals surface area contributed by atoms with Gasteiger partial charge in [-0.2, -0.15) is 5.10 Å². The molecule has 0 spiro atoms. The van der Waals surface area contributed by atoms with Crippen molar-refractivity contribution in [1.82, 2.24) is 15.1 Å². The van der Waals surface area contributed by atoms with Crippen molar-refractivity contribution >= 4 is 33.9 Å². The highest BCUT2D eigenvalue weighted by molar-refractivity contribution is 14.1. The maximum atomic E-state index is 4.28. The molecule has 2 atom stereocenters. The second kappa shape index (κ2) is 5.93. The van der Waals surface area contributed by atoms with Crippen molar-refractivity contribution in [3.63, 3.8) is 0 Å². The molecule has 1 aliphatic carbocycles. The van der Waals surface area contributed by atoms with Gasteiger partial charge in [-0.25, -0.2) is 0 Å². The molecule has 2 aromatic heterocycles. The van der Waals surface area contributed by atoms with Crippen molar-refractivity contribution in [1.29, 1.82) is 0 Å². The maximum absolute atomic E-state index is 4.28. The van der Waals surface area contributed by atoms with Crippen LogP contribution in [0.2, 0.25) is 0 Å². The van der Waals surface area contributed by atoms with E-state index in [-0.39, 0.29) is 0 Å². The van der Waals surface area contributed by atoms with Crippen LogP contribution >= 0.6 is 33.9 Å². The van der Waals surface area contributed by atoms with Gasteiger partial charge in [-0.3, -0.25) is 4.68 Å². The van der Waals surface area contributed by atoms with Gasteiger partial charge >= 0.3 is 0 Å². The minimum atomic E-state index is 0.438. The Hall–Kier alpha value is -0.400. The number of hydrogen-bond donors (Lipinski definition) is 1. The van der Waals surface area contributed by atoms with Crippen molar-refractivity contribution in [2.45, 2.75) is 44.8 Å². The summed E-state index contributed by atoms with van der Waals surface area (Å²) in [4.78, 5) is 1.58. The molecule has 3 rings (SSSR count). The van der Waals surface area contributed by atoms with Crippen molar-refractivity contribution in [3.8, 4) is 0 Å². The van der Waals surface area contributed by atoms with Crippen LogP contribution in [0.1, 0.15) is 36.2 Å². The Kier molecular flexibility index (Phi) is 4.24. The highest BCUT2D eigenvalue weighted by atomic mass is 127. The Balaban J connectivity index is 1.67. The highest BCUT2D eigenvalue weighted by Crippen LogP contribution is 2.36. The minimum Gasteiger partial charge on any atom is -0.306 e. The quantitative estimate of drug-likeness (QED) is 0.813. The molecule has 0 bridgehead atoms. The van der Waals surface area contributed by atoms with E-state index < -0.39 is 0 Å². The van der Waals surface area contributed by atoms with Crippen LogP contribution in [-0.4, -0.2) is 15.8 Å². The summed E-state index contributed by atoms with van der Waals surface area (Å²) in [6, 6.07) is 5.30. The zero-order valence-electron chi connectivity index (χ0n) is 11.0. The molecule has 2 unspecified atom stereocenters. The Bertz CT molecular complexity index is 535. The Morgan fingerprint density at radius 2 is 2.53 bits per heavy atom. The average molecular weight is 387 g/mol. The van der Waals surface area contributed by atoms with Gasteiger partial charge in [0.1, 0.15) is 0 Å². The SMILES string of the molecule is CC(Cn1cccn1)NC1CCCc2sc(I)cc21. The summed E-state index contributed by atoms with van der Waals surface area (Å²) in [5.41, 5.74) is 1.54. The number of hydrogen-bond acceptors (Lipinski definition) is 3. The molecule has 2 heterocycles. The number of fused-ring (bicyclic) bond motifs is 1. The van der Waals surface area contributed by atoms with Gasteiger partial charge in [0.2, 0.25) is 0 Å². The summed E-state index contributed by atoms with van der Waals surface area (Å²) < 4.78 is 3.41. The Morgan fingerprint density at radius 1 is 1.63 bits per heavy atom. The van der Waals surface area contributed by atoms with E-state index in [1.54, 1.807) is 4.88 Å². The molecular formula is C14H18IN3S. The Labute approximate surface area is 131 Å². The number of nitrogens with one attached hydrogen (secondary N) is 1. The van der Waals surface area contributed by atoms with E-state index in [0.29, 0.717) is 12.1 Å². The van der Waals surface area contributed by atoms with Crippen LogP contribution in [0.3, 0.4) is 0 Å². The molecule has 0 aliphatic heterocycles. The fourth-order valence-electron chi connectivity index (χ4n) is 2.78. The molecule has 0 saturated heterocycles. The third kappa shape index (κ3) is 3.20. The smallest absolute Gasteiger partial charge is 0.0659 e. The van der Waals surface area contributed by atoms with Gasteiger partial charge in [-0.05, 0) is 66.5 Å². The van der Waals surface area contributed by atoms with Gasteiger partial charge in [0.05, 0.1) is 9.43 Å². The van der Waals surface area contributed by atoms with E-state index >= 15 is 0 Å². The van der Waals surface area contributed by atoms with Crippen molar-refractivity contribution < 1.29 is 0 Å². The summed E-state index contributed by atoms with van der Waals surface area (Å²) >= 11 is 4.39. The molecule has 2 aromatic rings. The lowest BCUT2D eigenvalue weighted by Crippen LogP contribution is -2.35. The second-order valence-corrected chi connectivity index (χ2v) is 8.20. The molecule has 5 heteroatoms. The van der Waals surface area contributed by atoms with E-state index in [0.717, 1.165) is 6.54 Å². The van der Waals surface area contributed by atoms with E-state index in [2.05, 4.69) is 46.0 Å². The largest absolute Gasteiger partial charge is 0.306 e. The fraction of sp³-hybridized carbons (Fsp3) is 0.500. The van der Waals surface area contributed by atoms with Gasteiger partial charge in [0.15, 0.2) is 0 Å². The van der Waals surface area contributed by atoms with Crippen molar-refractivity contribution in [2.75, 3.05) is 0 Å². The van der Waals surface area contributed by atoms with Crippen molar-refractivity contribution in [3.05, 3.63) is 37.9 Å². The molecule has 102 valence electrons. The molecule has 1 aliphatic rings. The van der Waals surface area contributed by atoms with Crippen LogP contribution in [0.4, 0.5) is 0 Å². The summed E-state index contributed by atoms with van der Waals surface area (Å²) in [5, 5.41) is 8.04. The summed E-state index contributed by atoms with van der Waals surface area (Å²) in [7, 11) is 0. The normalized spacial score (nSPS) is 20.2. The van der Waals surface area contributed by atoms with Gasteiger partial charge in [-0.1, -0.05) is 0 Å². The van der Waals surface area contributed by atoms with Crippen LogP contribution < -0.4 is 5.32 Å². The predicted octanol–water partition coefficient (Wildman–Crippen LogP) is 3.60. The molecule has 0 saturated carbocycles. The Morgan fingerprint density at radius 3 is 3.32 bits per heavy atom. The number of aromatic nitrogens is 2. The van der Waals surface area contributed by atoms with Gasteiger partial charge < -0.3 is 5.32 Å². The van der Waals surface area contributed by atoms with E-state index in [9.17, 15) is 0 Å². The summed E-state index contributed by atoms with van der Waals surface area (Å²) in [6.07, 6.45) is 7.68. The van der Waals surface area contributed by atoms with Gasteiger partial charge in [0.25, 0.3) is 0 Å². The third-order valence-electron chi connectivity index (χ3n) is 3.59. The first-order valence-electron chi connectivity index (χ1n) is 6.74. The lowest BCUT2D eigenvalue weighted by atomic mass is 9.93. The molecule has 1 N–H and O–H groups in total. The van der Waals surface area contributed by atoms with Crippen LogP contribution in [0.25, 0.3) is 0 Å². The zero-order chi connectivity index (χ0) is 13.2. The molecule has 0 amide bonds. The maximum Gasteiger partial charge on any atom is 0.0659 e. The first kappa shape index (κ1) is 13.6. The van der Waals surface area contributed by atoms with Crippen LogP contribution in [0.5, 0.6) is 0 Å². The van der Waals surface area contributed by atoms with E-state index in [1.165, 1.54) is 27.7 Å². The first-order chi connectivity index (χ1) is 9.22. The predicted molar refractivity (Wildman–Crippen MR) is 87.5 cm³/mol. The molecule has 0 radical (unpaired) electrons. The summed E-state index contributed by atoms with van der Waals surface area (Å²) in [5.74, 6) is 0. The lowest BCUT2D eigenvalue weighted by Gasteiger charge is -2.27. The average Bonchev–Trinajstić information content (AvgIpc) is 2.97. The molecule has 3 nitrogen and oxygen atoms in total. The monoisotopic (exact) mass is 387 g/mol. The van der Waals surface area contributed by atoms with Crippen LogP contribution in [0, 0.1) is 2.88 Å². The standard InChI is InChI=1S/C14H18IN3S/c1-10(9-18-7-3-6-16-18)17-12-4-2-5-13-11(12)8-14(15)19-13/h3,6-8,10,12,17H,2,4-5,9H2,1H3. The van der Waals surface area contributed by atoms with E-state index in [1.807, 2.05) is 34.5 Å². The van der Waals surface area contributed by atoms with E-state index in [4.69, 9.17) is 0 Å². The van der Waals surface area contributed by atoms with Gasteiger partial charge in [0, 0.05) is 29.4 Å². The minimum absolute atomic E-state index is 0.438. The highest BCUT2D eigenvalue weighted by Gasteiger charge is 2.23. The summed E-state index contributed by atoms with van der Waals surface area (Å²) in [6.45, 7) is 3.17. The zero-order valence-corrected chi connectivity index (χ0v) is 13.9. The number of thiophene rings is 1. The lowest BCUT2D eigenvalue weighted by molar-refractivity contribution is 0.372. The number of rotatable bonds is 4. The number of halogens is 1. The van der Waals surface area contributed by atoms with Crippen LogP contribution in [0.15, 0.2) is 24.5 Å². The topological polar surface area (TPSA) is 29.9 Å². The fourth-order valence-corrected chi connectivity index (χ4v) is 4.90. The molecule has 0 fully saturated rings. The van der Waals surface area contributed by atoms with Crippen LogP contribution in [-0.2, 0) is 13.0 Å². The first-order valence-corrected chi connectivity index (χ1v) is 8.63. The second-order valence-electron chi connectivity index (χ2n) is 5.17. The molecule has 0 aromatic carbocycles. The van der Waals surface area contributed by atoms with Crippen molar-refractivity contribution in [2.24, 2.45) is 0 Å². The third-order valence-corrected chi connectivity index (χ3v) is 5.56. The molecule has 19 heavy (non-hydrogen) atoms. The molecular weight excluding hydrogens is 369 g/mol. The van der Waals surface area contributed by atoms with Gasteiger partial charge in [-0.15, -0.1) is 11.3 Å².